The molecule has 2 rings (SSSR count). The van der Waals surface area contributed by atoms with Crippen molar-refractivity contribution in [3.63, 3.8) is 0 Å². The van der Waals surface area contributed by atoms with Crippen molar-refractivity contribution in [3.05, 3.63) is 59.4 Å². The summed E-state index contributed by atoms with van der Waals surface area (Å²) in [7, 11) is -2.37. The van der Waals surface area contributed by atoms with Gasteiger partial charge in [0.1, 0.15) is 11.6 Å². The predicted octanol–water partition coefficient (Wildman–Crippen LogP) is 1.74. The van der Waals surface area contributed by atoms with Crippen LogP contribution >= 0.6 is 0 Å². The van der Waals surface area contributed by atoms with E-state index >= 15 is 0 Å². The number of para-hydroxylation sites is 1. The molecular weight excluding hydrogens is 347 g/mol. The highest BCUT2D eigenvalue weighted by Crippen LogP contribution is 2.16. The van der Waals surface area contributed by atoms with Crippen molar-refractivity contribution in [1.82, 2.24) is 10.0 Å². The van der Waals surface area contributed by atoms with E-state index in [9.17, 15) is 17.6 Å². The smallest absolute Gasteiger partial charge is 0.241 e. The number of ether oxygens (including phenoxy) is 1. The molecule has 0 heterocycles. The van der Waals surface area contributed by atoms with Crippen LogP contribution in [0.2, 0.25) is 0 Å². The van der Waals surface area contributed by atoms with Crippen molar-refractivity contribution in [2.24, 2.45) is 0 Å². The quantitative estimate of drug-likeness (QED) is 0.782. The van der Waals surface area contributed by atoms with Gasteiger partial charge in [0, 0.05) is 12.1 Å². The number of hydrogen-bond acceptors (Lipinski definition) is 4. The molecule has 2 aromatic carbocycles. The minimum absolute atomic E-state index is 0.0936. The molecule has 2 N–H and O–H groups in total. The number of sulfonamides is 1. The van der Waals surface area contributed by atoms with Crippen molar-refractivity contribution >= 4 is 15.9 Å². The van der Waals surface area contributed by atoms with Gasteiger partial charge in [-0.2, -0.15) is 0 Å². The lowest BCUT2D eigenvalue weighted by atomic mass is 10.2. The molecule has 2 aromatic rings. The van der Waals surface area contributed by atoms with Crippen LogP contribution in [0.5, 0.6) is 5.75 Å². The minimum Gasteiger partial charge on any atom is -0.496 e. The fourth-order valence-corrected chi connectivity index (χ4v) is 3.20. The zero-order valence-corrected chi connectivity index (χ0v) is 14.7. The second-order valence-electron chi connectivity index (χ2n) is 5.32. The highest BCUT2D eigenvalue weighted by molar-refractivity contribution is 7.89. The summed E-state index contributed by atoms with van der Waals surface area (Å²) >= 11 is 0. The molecule has 0 aliphatic heterocycles. The number of halogens is 1. The average Bonchev–Trinajstić information content (AvgIpc) is 2.60. The number of hydrogen-bond donors (Lipinski definition) is 2. The third-order valence-electron chi connectivity index (χ3n) is 3.53. The molecule has 0 saturated carbocycles. The van der Waals surface area contributed by atoms with Gasteiger partial charge in [-0.1, -0.05) is 18.2 Å². The Hall–Kier alpha value is -2.45. The molecule has 0 radical (unpaired) electrons. The van der Waals surface area contributed by atoms with E-state index in [0.717, 1.165) is 17.7 Å². The Morgan fingerprint density at radius 1 is 1.20 bits per heavy atom. The number of nitrogens with one attached hydrogen (secondary N) is 2. The van der Waals surface area contributed by atoms with E-state index < -0.39 is 28.3 Å². The lowest BCUT2D eigenvalue weighted by molar-refractivity contribution is -0.120. The lowest BCUT2D eigenvalue weighted by Crippen LogP contribution is -2.36. The second-order valence-corrected chi connectivity index (χ2v) is 7.09. The van der Waals surface area contributed by atoms with E-state index in [4.69, 9.17) is 4.74 Å². The molecule has 0 bridgehead atoms. The number of benzene rings is 2. The first-order valence-electron chi connectivity index (χ1n) is 7.48. The van der Waals surface area contributed by atoms with Gasteiger partial charge in [-0.25, -0.2) is 17.5 Å². The number of carbonyl (C=O) groups is 1. The van der Waals surface area contributed by atoms with Crippen LogP contribution in [-0.2, 0) is 21.4 Å². The third kappa shape index (κ3) is 5.01. The van der Waals surface area contributed by atoms with Crippen LogP contribution in [0.1, 0.15) is 11.1 Å². The normalized spacial score (nSPS) is 11.2. The first-order valence-corrected chi connectivity index (χ1v) is 8.96. The van der Waals surface area contributed by atoms with Gasteiger partial charge in [-0.3, -0.25) is 4.79 Å². The molecule has 0 atom stereocenters. The van der Waals surface area contributed by atoms with Gasteiger partial charge in [-0.05, 0) is 36.8 Å². The first kappa shape index (κ1) is 18.9. The van der Waals surface area contributed by atoms with Gasteiger partial charge in [0.05, 0.1) is 18.6 Å². The van der Waals surface area contributed by atoms with E-state index in [-0.39, 0.29) is 17.0 Å². The van der Waals surface area contributed by atoms with Crippen LogP contribution < -0.4 is 14.8 Å². The molecule has 0 saturated heterocycles. The maximum absolute atomic E-state index is 13.2. The van der Waals surface area contributed by atoms with E-state index in [0.29, 0.717) is 5.75 Å². The van der Waals surface area contributed by atoms with Gasteiger partial charge < -0.3 is 10.1 Å². The molecule has 0 unspecified atom stereocenters. The van der Waals surface area contributed by atoms with Gasteiger partial charge in [-0.15, -0.1) is 0 Å². The molecule has 6 nitrogen and oxygen atoms in total. The number of rotatable bonds is 7. The van der Waals surface area contributed by atoms with Crippen molar-refractivity contribution in [1.29, 1.82) is 0 Å². The summed E-state index contributed by atoms with van der Waals surface area (Å²) in [5.74, 6) is -0.355. The van der Waals surface area contributed by atoms with Crippen LogP contribution in [0.25, 0.3) is 0 Å². The van der Waals surface area contributed by atoms with Gasteiger partial charge >= 0.3 is 0 Å². The summed E-state index contributed by atoms with van der Waals surface area (Å²) in [6.45, 7) is 1.25. The predicted molar refractivity (Wildman–Crippen MR) is 91.2 cm³/mol. The lowest BCUT2D eigenvalue weighted by Gasteiger charge is -2.10. The van der Waals surface area contributed by atoms with E-state index in [1.165, 1.54) is 20.1 Å². The van der Waals surface area contributed by atoms with Crippen molar-refractivity contribution < 1.29 is 22.3 Å². The van der Waals surface area contributed by atoms with Gasteiger partial charge in [0.2, 0.25) is 15.9 Å². The SMILES string of the molecule is COc1ccccc1CNC(=O)CNS(=O)(=O)c1ccc(F)c(C)c1. The summed E-state index contributed by atoms with van der Waals surface area (Å²) < 4.78 is 44.9. The Balaban J connectivity index is 1.93. The largest absolute Gasteiger partial charge is 0.496 e. The molecule has 25 heavy (non-hydrogen) atoms. The summed E-state index contributed by atoms with van der Waals surface area (Å²) in [5, 5.41) is 2.61. The van der Waals surface area contributed by atoms with E-state index in [1.807, 2.05) is 12.1 Å². The van der Waals surface area contributed by atoms with Gasteiger partial charge in [0.15, 0.2) is 0 Å². The van der Waals surface area contributed by atoms with Crippen LogP contribution in [0.3, 0.4) is 0 Å². The van der Waals surface area contributed by atoms with Crippen LogP contribution in [0, 0.1) is 12.7 Å². The van der Waals surface area contributed by atoms with E-state index in [2.05, 4.69) is 10.0 Å². The van der Waals surface area contributed by atoms with Crippen molar-refractivity contribution in [2.75, 3.05) is 13.7 Å². The molecule has 1 amide bonds. The fraction of sp³-hybridized carbons (Fsp3) is 0.235. The summed E-state index contributed by atoms with van der Waals surface area (Å²) in [4.78, 5) is 11.8. The topological polar surface area (TPSA) is 84.5 Å². The summed E-state index contributed by atoms with van der Waals surface area (Å²) in [5.41, 5.74) is 0.985. The molecule has 0 fully saturated rings. The zero-order valence-electron chi connectivity index (χ0n) is 13.9. The molecular formula is C17H19FN2O4S. The van der Waals surface area contributed by atoms with Crippen LogP contribution in [0.4, 0.5) is 4.39 Å². The van der Waals surface area contributed by atoms with Crippen LogP contribution in [-0.4, -0.2) is 28.0 Å². The van der Waals surface area contributed by atoms with E-state index in [1.54, 1.807) is 12.1 Å². The van der Waals surface area contributed by atoms with Gasteiger partial charge in [0.25, 0.3) is 0 Å². The minimum atomic E-state index is -3.89. The molecule has 0 spiro atoms. The maximum atomic E-state index is 13.2. The Morgan fingerprint density at radius 2 is 1.92 bits per heavy atom. The fourth-order valence-electron chi connectivity index (χ4n) is 2.13. The molecule has 8 heteroatoms. The zero-order chi connectivity index (χ0) is 18.4. The highest BCUT2D eigenvalue weighted by atomic mass is 32.2. The number of amides is 1. The number of aryl methyl sites for hydroxylation is 1. The Labute approximate surface area is 146 Å². The standard InChI is InChI=1S/C17H19FN2O4S/c1-12-9-14(7-8-15(12)18)25(22,23)20-11-17(21)19-10-13-5-3-4-6-16(13)24-2/h3-9,20H,10-11H2,1-2H3,(H,19,21). The second kappa shape index (κ2) is 8.09. The average molecular weight is 366 g/mol. The molecule has 0 aromatic heterocycles. The monoisotopic (exact) mass is 366 g/mol. The first-order chi connectivity index (χ1) is 11.8. The van der Waals surface area contributed by atoms with Crippen molar-refractivity contribution in [2.45, 2.75) is 18.4 Å². The highest BCUT2D eigenvalue weighted by Gasteiger charge is 2.16. The summed E-state index contributed by atoms with van der Waals surface area (Å²) in [6.07, 6.45) is 0. The van der Waals surface area contributed by atoms with Crippen molar-refractivity contribution in [3.8, 4) is 5.75 Å². The Bertz CT molecular complexity index is 869. The third-order valence-corrected chi connectivity index (χ3v) is 4.93. The Kier molecular flexibility index (Phi) is 6.11. The maximum Gasteiger partial charge on any atom is 0.241 e. The number of carbonyl (C=O) groups excluding carboxylic acids is 1. The molecule has 134 valence electrons. The number of methoxy groups -OCH3 is 1. The molecule has 0 aliphatic rings. The summed E-state index contributed by atoms with van der Waals surface area (Å²) in [6, 6.07) is 10.6. The molecule has 0 aliphatic carbocycles. The Morgan fingerprint density at radius 3 is 2.60 bits per heavy atom. The van der Waals surface area contributed by atoms with Crippen LogP contribution in [0.15, 0.2) is 47.4 Å².